The number of urea groups is 1. The molecule has 9 nitrogen and oxygen atoms in total. The largest absolute Gasteiger partial charge is 0.497 e. The van der Waals surface area contributed by atoms with Crippen LogP contribution in [-0.4, -0.2) is 53.8 Å². The van der Waals surface area contributed by atoms with Gasteiger partial charge in [-0.1, -0.05) is 5.16 Å². The number of methoxy groups -OCH3 is 1. The molecule has 2 amide bonds. The summed E-state index contributed by atoms with van der Waals surface area (Å²) in [4.78, 5) is 29.8. The number of hydrogen-bond donors (Lipinski definition) is 1. The fourth-order valence-electron chi connectivity index (χ4n) is 2.96. The van der Waals surface area contributed by atoms with Crippen LogP contribution in [0.1, 0.15) is 31.7 Å². The van der Waals surface area contributed by atoms with E-state index in [0.29, 0.717) is 18.3 Å². The van der Waals surface area contributed by atoms with Crippen LogP contribution in [-0.2, 0) is 9.53 Å². The molecule has 1 atom stereocenters. The predicted octanol–water partition coefficient (Wildman–Crippen LogP) is 2.15. The van der Waals surface area contributed by atoms with Gasteiger partial charge in [0.05, 0.1) is 13.7 Å². The summed E-state index contributed by atoms with van der Waals surface area (Å²) in [5, 5.41) is 6.59. The van der Waals surface area contributed by atoms with Crippen molar-refractivity contribution in [3.63, 3.8) is 0 Å². The maximum absolute atomic E-state index is 12.4. The van der Waals surface area contributed by atoms with Crippen molar-refractivity contribution >= 4 is 12.0 Å². The quantitative estimate of drug-likeness (QED) is 0.772. The van der Waals surface area contributed by atoms with Crippen molar-refractivity contribution in [1.29, 1.82) is 0 Å². The summed E-state index contributed by atoms with van der Waals surface area (Å²) in [6.07, 6.45) is 1.54. The van der Waals surface area contributed by atoms with E-state index in [-0.39, 0.29) is 25.2 Å². The Morgan fingerprint density at radius 1 is 1.33 bits per heavy atom. The van der Waals surface area contributed by atoms with Gasteiger partial charge >= 0.3 is 12.0 Å². The molecule has 0 aliphatic carbocycles. The number of aromatic nitrogens is 2. The van der Waals surface area contributed by atoms with Crippen LogP contribution in [0.5, 0.6) is 5.75 Å². The molecule has 1 unspecified atom stereocenters. The van der Waals surface area contributed by atoms with Crippen LogP contribution in [0.25, 0.3) is 11.4 Å². The molecule has 1 saturated heterocycles. The molecule has 1 aromatic carbocycles. The molecule has 0 bridgehead atoms. The topological polar surface area (TPSA) is 107 Å². The van der Waals surface area contributed by atoms with E-state index in [9.17, 15) is 9.59 Å². The van der Waals surface area contributed by atoms with Crippen molar-refractivity contribution < 1.29 is 23.6 Å². The fraction of sp³-hybridized carbons (Fsp3) is 0.444. The number of nitrogens with zero attached hydrogens (tertiary/aromatic N) is 3. The molecule has 1 N–H and O–H groups in total. The van der Waals surface area contributed by atoms with E-state index in [1.807, 2.05) is 24.3 Å². The molecular formula is C18H22N4O5. The first-order valence-electron chi connectivity index (χ1n) is 8.80. The molecule has 2 heterocycles. The molecule has 9 heteroatoms. The third kappa shape index (κ3) is 4.36. The summed E-state index contributed by atoms with van der Waals surface area (Å²) in [6, 6.07) is 6.64. The van der Waals surface area contributed by atoms with Crippen LogP contribution >= 0.6 is 0 Å². The monoisotopic (exact) mass is 374 g/mol. The smallest absolute Gasteiger partial charge is 0.325 e. The number of benzene rings is 1. The van der Waals surface area contributed by atoms with Crippen LogP contribution in [0.15, 0.2) is 28.8 Å². The second kappa shape index (κ2) is 8.52. The SMILES string of the molecule is CCOC(=O)CNC(=O)N1CCCC1c1nc(-c2ccc(OC)cc2)no1. The van der Waals surface area contributed by atoms with Crippen LogP contribution in [0.4, 0.5) is 4.79 Å². The van der Waals surface area contributed by atoms with Gasteiger partial charge in [-0.25, -0.2) is 4.79 Å². The number of esters is 1. The van der Waals surface area contributed by atoms with Gasteiger partial charge in [-0.05, 0) is 44.0 Å². The van der Waals surface area contributed by atoms with E-state index >= 15 is 0 Å². The number of rotatable bonds is 6. The predicted molar refractivity (Wildman–Crippen MR) is 95.0 cm³/mol. The lowest BCUT2D eigenvalue weighted by atomic mass is 10.2. The second-order valence-electron chi connectivity index (χ2n) is 6.00. The molecule has 0 saturated carbocycles. The van der Waals surface area contributed by atoms with Crippen molar-refractivity contribution in [3.05, 3.63) is 30.2 Å². The van der Waals surface area contributed by atoms with Gasteiger partial charge in [0.2, 0.25) is 11.7 Å². The average Bonchev–Trinajstić information content (AvgIpc) is 3.35. The Kier molecular flexibility index (Phi) is 5.90. The maximum Gasteiger partial charge on any atom is 0.325 e. The highest BCUT2D eigenvalue weighted by atomic mass is 16.5. The maximum atomic E-state index is 12.4. The van der Waals surface area contributed by atoms with E-state index in [2.05, 4.69) is 15.5 Å². The first-order valence-corrected chi connectivity index (χ1v) is 8.80. The Hall–Kier alpha value is -3.10. The molecule has 1 fully saturated rings. The van der Waals surface area contributed by atoms with Gasteiger partial charge in [-0.3, -0.25) is 4.79 Å². The van der Waals surface area contributed by atoms with Crippen molar-refractivity contribution in [2.24, 2.45) is 0 Å². The molecule has 0 radical (unpaired) electrons. The van der Waals surface area contributed by atoms with Crippen molar-refractivity contribution in [2.75, 3.05) is 26.8 Å². The Balaban J connectivity index is 1.67. The van der Waals surface area contributed by atoms with Crippen LogP contribution < -0.4 is 10.1 Å². The zero-order valence-corrected chi connectivity index (χ0v) is 15.3. The lowest BCUT2D eigenvalue weighted by Crippen LogP contribution is -2.42. The molecule has 3 rings (SSSR count). The van der Waals surface area contributed by atoms with Crippen molar-refractivity contribution in [3.8, 4) is 17.1 Å². The van der Waals surface area contributed by atoms with Crippen LogP contribution in [0.3, 0.4) is 0 Å². The molecule has 27 heavy (non-hydrogen) atoms. The lowest BCUT2D eigenvalue weighted by Gasteiger charge is -2.21. The van der Waals surface area contributed by atoms with Crippen LogP contribution in [0.2, 0.25) is 0 Å². The normalized spacial score (nSPS) is 16.2. The zero-order chi connectivity index (χ0) is 19.2. The highest BCUT2D eigenvalue weighted by Crippen LogP contribution is 2.32. The minimum atomic E-state index is -0.471. The van der Waals surface area contributed by atoms with E-state index in [1.54, 1.807) is 18.9 Å². The number of ether oxygens (including phenoxy) is 2. The summed E-state index contributed by atoms with van der Waals surface area (Å²) >= 11 is 0. The zero-order valence-electron chi connectivity index (χ0n) is 15.3. The molecule has 1 aliphatic rings. The number of carbonyl (C=O) groups excluding carboxylic acids is 2. The molecule has 2 aromatic rings. The van der Waals surface area contributed by atoms with E-state index < -0.39 is 5.97 Å². The first kappa shape index (κ1) is 18.7. The Labute approximate surface area is 156 Å². The Morgan fingerprint density at radius 3 is 2.81 bits per heavy atom. The van der Waals surface area contributed by atoms with E-state index in [1.165, 1.54) is 0 Å². The number of nitrogens with one attached hydrogen (secondary N) is 1. The van der Waals surface area contributed by atoms with E-state index in [4.69, 9.17) is 14.0 Å². The Bertz CT molecular complexity index is 789. The Morgan fingerprint density at radius 2 is 2.11 bits per heavy atom. The summed E-state index contributed by atoms with van der Waals surface area (Å²) in [5.74, 6) is 1.10. The minimum Gasteiger partial charge on any atom is -0.497 e. The summed E-state index contributed by atoms with van der Waals surface area (Å²) in [7, 11) is 1.60. The summed E-state index contributed by atoms with van der Waals surface area (Å²) in [5.41, 5.74) is 0.794. The third-order valence-corrected chi connectivity index (χ3v) is 4.28. The summed E-state index contributed by atoms with van der Waals surface area (Å²) < 4.78 is 15.4. The van der Waals surface area contributed by atoms with Gasteiger partial charge in [0.15, 0.2) is 0 Å². The van der Waals surface area contributed by atoms with Gasteiger partial charge in [0.1, 0.15) is 18.3 Å². The molecule has 1 aliphatic heterocycles. The average molecular weight is 374 g/mol. The lowest BCUT2D eigenvalue weighted by molar-refractivity contribution is -0.141. The fourth-order valence-corrected chi connectivity index (χ4v) is 2.96. The van der Waals surface area contributed by atoms with Crippen LogP contribution in [0, 0.1) is 0 Å². The van der Waals surface area contributed by atoms with Gasteiger partial charge in [0, 0.05) is 12.1 Å². The number of hydrogen-bond acceptors (Lipinski definition) is 7. The van der Waals surface area contributed by atoms with Gasteiger partial charge in [0.25, 0.3) is 0 Å². The number of amides is 2. The highest BCUT2D eigenvalue weighted by molar-refractivity contribution is 5.81. The number of likely N-dealkylation sites (tertiary alicyclic amines) is 1. The minimum absolute atomic E-state index is 0.170. The third-order valence-electron chi connectivity index (χ3n) is 4.28. The first-order chi connectivity index (χ1) is 13.1. The van der Waals surface area contributed by atoms with E-state index in [0.717, 1.165) is 24.2 Å². The summed E-state index contributed by atoms with van der Waals surface area (Å²) in [6.45, 7) is 2.37. The second-order valence-corrected chi connectivity index (χ2v) is 6.00. The van der Waals surface area contributed by atoms with Crippen molar-refractivity contribution in [1.82, 2.24) is 20.4 Å². The van der Waals surface area contributed by atoms with Gasteiger partial charge in [-0.2, -0.15) is 4.98 Å². The van der Waals surface area contributed by atoms with Gasteiger partial charge < -0.3 is 24.2 Å². The molecule has 144 valence electrons. The molecule has 0 spiro atoms. The number of carbonyl (C=O) groups is 2. The molecular weight excluding hydrogens is 352 g/mol. The van der Waals surface area contributed by atoms with Crippen molar-refractivity contribution in [2.45, 2.75) is 25.8 Å². The highest BCUT2D eigenvalue weighted by Gasteiger charge is 2.34. The standard InChI is InChI=1S/C18H22N4O5/c1-3-26-15(23)11-19-18(24)22-10-4-5-14(22)17-20-16(21-27-17)12-6-8-13(25-2)9-7-12/h6-9,14H,3-5,10-11H2,1-2H3,(H,19,24). The van der Waals surface area contributed by atoms with Gasteiger partial charge in [-0.15, -0.1) is 0 Å². The molecule has 1 aromatic heterocycles.